The van der Waals surface area contributed by atoms with E-state index in [0.717, 1.165) is 4.47 Å². The molecule has 0 radical (unpaired) electrons. The first-order chi connectivity index (χ1) is 7.42. The minimum Gasteiger partial charge on any atom is -0.496 e. The molecule has 0 aromatic heterocycles. The monoisotopic (exact) mass is 283 g/mol. The van der Waals surface area contributed by atoms with Crippen molar-refractivity contribution in [2.24, 2.45) is 5.41 Å². The summed E-state index contributed by atoms with van der Waals surface area (Å²) >= 11 is 3.33. The fourth-order valence-electron chi connectivity index (χ4n) is 1.37. The van der Waals surface area contributed by atoms with E-state index in [1.54, 1.807) is 33.1 Å². The van der Waals surface area contributed by atoms with Crippen LogP contribution in [0.5, 0.6) is 5.75 Å². The van der Waals surface area contributed by atoms with Crippen molar-refractivity contribution in [2.45, 2.75) is 20.0 Å². The van der Waals surface area contributed by atoms with Crippen molar-refractivity contribution >= 4 is 15.9 Å². The molecule has 0 aliphatic rings. The molecule has 1 unspecified atom stereocenters. The van der Waals surface area contributed by atoms with Gasteiger partial charge in [0.25, 0.3) is 0 Å². The quantitative estimate of drug-likeness (QED) is 0.928. The molecule has 0 saturated carbocycles. The van der Waals surface area contributed by atoms with Gasteiger partial charge in [-0.15, -0.1) is 0 Å². The molecule has 0 spiro atoms. The van der Waals surface area contributed by atoms with Crippen molar-refractivity contribution < 1.29 is 9.84 Å². The van der Waals surface area contributed by atoms with Crippen LogP contribution in [0.2, 0.25) is 0 Å². The van der Waals surface area contributed by atoms with Crippen molar-refractivity contribution in [3.63, 3.8) is 0 Å². The van der Waals surface area contributed by atoms with Gasteiger partial charge < -0.3 is 9.84 Å². The van der Waals surface area contributed by atoms with Gasteiger partial charge in [-0.1, -0.05) is 15.9 Å². The van der Waals surface area contributed by atoms with Gasteiger partial charge >= 0.3 is 0 Å². The summed E-state index contributed by atoms with van der Waals surface area (Å²) in [5.41, 5.74) is -0.239. The third kappa shape index (κ3) is 2.55. The highest BCUT2D eigenvalue weighted by atomic mass is 79.9. The summed E-state index contributed by atoms with van der Waals surface area (Å²) in [7, 11) is 1.54. The Morgan fingerprint density at radius 1 is 1.50 bits per heavy atom. The van der Waals surface area contributed by atoms with Crippen LogP contribution in [0.1, 0.15) is 25.5 Å². The SMILES string of the molecule is COc1ccc(Br)cc1C(O)C(C)(C)C#N. The van der Waals surface area contributed by atoms with E-state index < -0.39 is 11.5 Å². The zero-order valence-electron chi connectivity index (χ0n) is 9.49. The Bertz CT molecular complexity index is 424. The number of benzene rings is 1. The molecule has 0 aliphatic heterocycles. The number of ether oxygens (including phenoxy) is 1. The lowest BCUT2D eigenvalue weighted by Gasteiger charge is -2.24. The van der Waals surface area contributed by atoms with Gasteiger partial charge in [0, 0.05) is 10.0 Å². The molecule has 3 nitrogen and oxygen atoms in total. The summed E-state index contributed by atoms with van der Waals surface area (Å²) in [5, 5.41) is 19.2. The number of hydrogen-bond donors (Lipinski definition) is 1. The number of aliphatic hydroxyl groups excluding tert-OH is 1. The van der Waals surface area contributed by atoms with Gasteiger partial charge in [-0.3, -0.25) is 0 Å². The molecule has 0 saturated heterocycles. The highest BCUT2D eigenvalue weighted by Gasteiger charge is 2.31. The molecule has 86 valence electrons. The Labute approximate surface area is 104 Å². The van der Waals surface area contributed by atoms with Crippen LogP contribution in [0.15, 0.2) is 22.7 Å². The standard InChI is InChI=1S/C12H14BrNO2/c1-12(2,7-14)11(15)9-6-8(13)4-5-10(9)16-3/h4-6,11,15H,1-3H3. The normalized spacial score (nSPS) is 13.0. The highest BCUT2D eigenvalue weighted by Crippen LogP contribution is 2.38. The minimum atomic E-state index is -0.884. The fourth-order valence-corrected chi connectivity index (χ4v) is 1.75. The van der Waals surface area contributed by atoms with E-state index in [1.165, 1.54) is 0 Å². The number of aliphatic hydroxyl groups is 1. The molecule has 1 rings (SSSR count). The van der Waals surface area contributed by atoms with Crippen LogP contribution in [-0.4, -0.2) is 12.2 Å². The average molecular weight is 284 g/mol. The van der Waals surface area contributed by atoms with Crippen molar-refractivity contribution in [2.75, 3.05) is 7.11 Å². The molecule has 1 atom stereocenters. The minimum absolute atomic E-state index is 0.582. The van der Waals surface area contributed by atoms with Crippen LogP contribution in [0.25, 0.3) is 0 Å². The smallest absolute Gasteiger partial charge is 0.124 e. The maximum absolute atomic E-state index is 10.2. The van der Waals surface area contributed by atoms with Crippen LogP contribution in [-0.2, 0) is 0 Å². The number of hydrogen-bond acceptors (Lipinski definition) is 3. The van der Waals surface area contributed by atoms with Gasteiger partial charge in [0.15, 0.2) is 0 Å². The van der Waals surface area contributed by atoms with Crippen LogP contribution in [0, 0.1) is 16.7 Å². The number of nitriles is 1. The number of methoxy groups -OCH3 is 1. The van der Waals surface area contributed by atoms with E-state index >= 15 is 0 Å². The Morgan fingerprint density at radius 2 is 2.12 bits per heavy atom. The molecule has 0 bridgehead atoms. The summed E-state index contributed by atoms with van der Waals surface area (Å²) < 4.78 is 6.01. The maximum Gasteiger partial charge on any atom is 0.124 e. The molecule has 4 heteroatoms. The molecule has 0 heterocycles. The summed E-state index contributed by atoms with van der Waals surface area (Å²) in [5.74, 6) is 0.582. The van der Waals surface area contributed by atoms with E-state index in [4.69, 9.17) is 10.00 Å². The lowest BCUT2D eigenvalue weighted by Crippen LogP contribution is -2.20. The molecular weight excluding hydrogens is 270 g/mol. The number of rotatable bonds is 3. The lowest BCUT2D eigenvalue weighted by molar-refractivity contribution is 0.0841. The van der Waals surface area contributed by atoms with Crippen LogP contribution in [0.3, 0.4) is 0 Å². The first kappa shape index (κ1) is 13.0. The summed E-state index contributed by atoms with van der Waals surface area (Å²) in [6.07, 6.45) is -0.884. The van der Waals surface area contributed by atoms with E-state index in [-0.39, 0.29) is 0 Å². The highest BCUT2D eigenvalue weighted by molar-refractivity contribution is 9.10. The van der Waals surface area contributed by atoms with Crippen LogP contribution in [0.4, 0.5) is 0 Å². The predicted octanol–water partition coefficient (Wildman–Crippen LogP) is 3.04. The molecular formula is C12H14BrNO2. The summed E-state index contributed by atoms with van der Waals surface area (Å²) in [4.78, 5) is 0. The predicted molar refractivity (Wildman–Crippen MR) is 65.0 cm³/mol. The molecule has 1 aromatic rings. The van der Waals surface area contributed by atoms with Gasteiger partial charge in [0.1, 0.15) is 11.9 Å². The van der Waals surface area contributed by atoms with Crippen LogP contribution < -0.4 is 4.74 Å². The van der Waals surface area contributed by atoms with Crippen molar-refractivity contribution in [1.82, 2.24) is 0 Å². The topological polar surface area (TPSA) is 53.2 Å². The lowest BCUT2D eigenvalue weighted by atomic mass is 9.84. The molecule has 0 fully saturated rings. The Balaban J connectivity index is 3.22. The van der Waals surface area contributed by atoms with E-state index in [1.807, 2.05) is 6.07 Å². The third-order valence-electron chi connectivity index (χ3n) is 2.46. The van der Waals surface area contributed by atoms with Crippen molar-refractivity contribution in [1.29, 1.82) is 5.26 Å². The number of halogens is 1. The molecule has 0 aliphatic carbocycles. The van der Waals surface area contributed by atoms with Gasteiger partial charge in [-0.25, -0.2) is 0 Å². The van der Waals surface area contributed by atoms with E-state index in [9.17, 15) is 5.11 Å². The van der Waals surface area contributed by atoms with Gasteiger partial charge in [-0.2, -0.15) is 5.26 Å². The second-order valence-corrected chi connectivity index (χ2v) is 5.04. The van der Waals surface area contributed by atoms with Crippen molar-refractivity contribution in [3.05, 3.63) is 28.2 Å². The molecule has 0 amide bonds. The Morgan fingerprint density at radius 3 is 2.62 bits per heavy atom. The van der Waals surface area contributed by atoms with E-state index in [2.05, 4.69) is 22.0 Å². The van der Waals surface area contributed by atoms with Gasteiger partial charge in [-0.05, 0) is 32.0 Å². The zero-order valence-corrected chi connectivity index (χ0v) is 11.1. The first-order valence-corrected chi connectivity index (χ1v) is 5.64. The average Bonchev–Trinajstić information content (AvgIpc) is 2.28. The van der Waals surface area contributed by atoms with E-state index in [0.29, 0.717) is 11.3 Å². The second kappa shape index (κ2) is 4.86. The number of nitrogens with zero attached hydrogens (tertiary/aromatic N) is 1. The van der Waals surface area contributed by atoms with Gasteiger partial charge in [0.05, 0.1) is 18.6 Å². The molecule has 1 N–H and O–H groups in total. The summed E-state index contributed by atoms with van der Waals surface area (Å²) in [6.45, 7) is 3.38. The summed E-state index contributed by atoms with van der Waals surface area (Å²) in [6, 6.07) is 7.44. The largest absolute Gasteiger partial charge is 0.496 e. The Hall–Kier alpha value is -1.05. The zero-order chi connectivity index (χ0) is 12.3. The molecule has 1 aromatic carbocycles. The molecule has 16 heavy (non-hydrogen) atoms. The first-order valence-electron chi connectivity index (χ1n) is 4.85. The Kier molecular flexibility index (Phi) is 3.95. The maximum atomic E-state index is 10.2. The second-order valence-electron chi connectivity index (χ2n) is 4.12. The third-order valence-corrected chi connectivity index (χ3v) is 2.95. The van der Waals surface area contributed by atoms with Crippen LogP contribution >= 0.6 is 15.9 Å². The van der Waals surface area contributed by atoms with Crippen molar-refractivity contribution in [3.8, 4) is 11.8 Å². The fraction of sp³-hybridized carbons (Fsp3) is 0.417. The van der Waals surface area contributed by atoms with Gasteiger partial charge in [0.2, 0.25) is 0 Å².